The van der Waals surface area contributed by atoms with Gasteiger partial charge in [0.15, 0.2) is 0 Å². The fourth-order valence-corrected chi connectivity index (χ4v) is 2.62. The van der Waals surface area contributed by atoms with Gasteiger partial charge in [0, 0.05) is 36.6 Å². The number of hydrogen-bond acceptors (Lipinski definition) is 3. The molecule has 0 saturated carbocycles. The SMILES string of the molecule is Cc1c(Cl)cccc1NC(=O)CCC(=O)N1CCC(O)CC1. The zero-order valence-corrected chi connectivity index (χ0v) is 13.4. The lowest BCUT2D eigenvalue weighted by Gasteiger charge is -2.29. The predicted octanol–water partition coefficient (Wildman–Crippen LogP) is 2.35. The van der Waals surface area contributed by atoms with E-state index in [1.807, 2.05) is 6.92 Å². The number of aliphatic hydroxyl groups is 1. The Labute approximate surface area is 135 Å². The van der Waals surface area contributed by atoms with E-state index in [0.29, 0.717) is 36.6 Å². The fraction of sp³-hybridized carbons (Fsp3) is 0.500. The van der Waals surface area contributed by atoms with Crippen LogP contribution in [0.3, 0.4) is 0 Å². The normalized spacial score (nSPS) is 15.7. The van der Waals surface area contributed by atoms with Crippen molar-refractivity contribution >= 4 is 29.1 Å². The monoisotopic (exact) mass is 324 g/mol. The number of nitrogens with zero attached hydrogens (tertiary/aromatic N) is 1. The minimum absolute atomic E-state index is 0.0372. The van der Waals surface area contributed by atoms with Gasteiger partial charge in [0.05, 0.1) is 6.10 Å². The Balaban J connectivity index is 1.80. The van der Waals surface area contributed by atoms with Gasteiger partial charge in [-0.2, -0.15) is 0 Å². The average molecular weight is 325 g/mol. The van der Waals surface area contributed by atoms with Crippen LogP contribution in [-0.2, 0) is 9.59 Å². The summed E-state index contributed by atoms with van der Waals surface area (Å²) in [6.07, 6.45) is 1.24. The van der Waals surface area contributed by atoms with Gasteiger partial charge in [0.2, 0.25) is 11.8 Å². The highest BCUT2D eigenvalue weighted by Crippen LogP contribution is 2.23. The third kappa shape index (κ3) is 4.45. The van der Waals surface area contributed by atoms with E-state index in [9.17, 15) is 14.7 Å². The van der Waals surface area contributed by atoms with Crippen molar-refractivity contribution in [3.63, 3.8) is 0 Å². The Kier molecular flexibility index (Phi) is 5.80. The van der Waals surface area contributed by atoms with Crippen LogP contribution in [0.5, 0.6) is 0 Å². The summed E-state index contributed by atoms with van der Waals surface area (Å²) in [6.45, 7) is 2.96. The number of carbonyl (C=O) groups excluding carboxylic acids is 2. The molecule has 2 rings (SSSR count). The molecule has 1 aliphatic rings. The summed E-state index contributed by atoms with van der Waals surface area (Å²) < 4.78 is 0. The molecule has 0 atom stereocenters. The Morgan fingerprint density at radius 3 is 2.68 bits per heavy atom. The second-order valence-corrected chi connectivity index (χ2v) is 5.98. The molecule has 0 radical (unpaired) electrons. The van der Waals surface area contributed by atoms with E-state index in [4.69, 9.17) is 11.6 Å². The van der Waals surface area contributed by atoms with Gasteiger partial charge in [-0.05, 0) is 37.5 Å². The molecule has 1 saturated heterocycles. The van der Waals surface area contributed by atoms with Crippen LogP contribution in [0, 0.1) is 6.92 Å². The second kappa shape index (κ2) is 7.61. The number of rotatable bonds is 4. The van der Waals surface area contributed by atoms with Gasteiger partial charge in [-0.15, -0.1) is 0 Å². The molecule has 6 heteroatoms. The number of benzene rings is 1. The summed E-state index contributed by atoms with van der Waals surface area (Å²) in [5.41, 5.74) is 1.49. The van der Waals surface area contributed by atoms with Crippen molar-refractivity contribution in [3.8, 4) is 0 Å². The molecule has 1 heterocycles. The van der Waals surface area contributed by atoms with Crippen LogP contribution in [-0.4, -0.2) is 41.0 Å². The maximum absolute atomic E-state index is 12.0. The Morgan fingerprint density at radius 1 is 1.32 bits per heavy atom. The molecule has 1 aliphatic heterocycles. The van der Waals surface area contributed by atoms with Gasteiger partial charge in [-0.1, -0.05) is 17.7 Å². The van der Waals surface area contributed by atoms with Crippen LogP contribution in [0.1, 0.15) is 31.2 Å². The van der Waals surface area contributed by atoms with Gasteiger partial charge in [-0.25, -0.2) is 0 Å². The summed E-state index contributed by atoms with van der Waals surface area (Å²) in [5, 5.41) is 12.8. The first-order valence-corrected chi connectivity index (χ1v) is 7.86. The van der Waals surface area contributed by atoms with E-state index in [1.165, 1.54) is 0 Å². The van der Waals surface area contributed by atoms with Crippen molar-refractivity contribution in [2.75, 3.05) is 18.4 Å². The molecular weight excluding hydrogens is 304 g/mol. The lowest BCUT2D eigenvalue weighted by molar-refractivity contribution is -0.134. The highest BCUT2D eigenvalue weighted by Gasteiger charge is 2.21. The highest BCUT2D eigenvalue weighted by atomic mass is 35.5. The number of aliphatic hydroxyl groups excluding tert-OH is 1. The summed E-state index contributed by atoms with van der Waals surface area (Å²) in [7, 11) is 0. The molecular formula is C16H21ClN2O3. The Bertz CT molecular complexity index is 554. The van der Waals surface area contributed by atoms with Crippen molar-refractivity contribution < 1.29 is 14.7 Å². The number of likely N-dealkylation sites (tertiary alicyclic amines) is 1. The third-order valence-electron chi connectivity index (χ3n) is 3.92. The van der Waals surface area contributed by atoms with Crippen molar-refractivity contribution in [1.82, 2.24) is 4.90 Å². The van der Waals surface area contributed by atoms with E-state index in [0.717, 1.165) is 5.56 Å². The van der Waals surface area contributed by atoms with Crippen LogP contribution in [0.15, 0.2) is 18.2 Å². The first-order chi connectivity index (χ1) is 10.5. The molecule has 120 valence electrons. The van der Waals surface area contributed by atoms with Gasteiger partial charge < -0.3 is 15.3 Å². The van der Waals surface area contributed by atoms with Crippen LogP contribution in [0.4, 0.5) is 5.69 Å². The van der Waals surface area contributed by atoms with Crippen LogP contribution in [0.25, 0.3) is 0 Å². The van der Waals surface area contributed by atoms with Gasteiger partial charge in [0.1, 0.15) is 0 Å². The molecule has 0 aliphatic carbocycles. The first-order valence-electron chi connectivity index (χ1n) is 7.48. The third-order valence-corrected chi connectivity index (χ3v) is 4.33. The highest BCUT2D eigenvalue weighted by molar-refractivity contribution is 6.31. The zero-order chi connectivity index (χ0) is 16.1. The number of hydrogen-bond donors (Lipinski definition) is 2. The van der Waals surface area contributed by atoms with E-state index in [2.05, 4.69) is 5.32 Å². The lowest BCUT2D eigenvalue weighted by atomic mass is 10.1. The molecule has 22 heavy (non-hydrogen) atoms. The van der Waals surface area contributed by atoms with Crippen LogP contribution < -0.4 is 5.32 Å². The van der Waals surface area contributed by atoms with Gasteiger partial charge in [0.25, 0.3) is 0 Å². The first kappa shape index (κ1) is 16.8. The van der Waals surface area contributed by atoms with Crippen molar-refractivity contribution in [3.05, 3.63) is 28.8 Å². The van der Waals surface area contributed by atoms with Gasteiger partial charge >= 0.3 is 0 Å². The van der Waals surface area contributed by atoms with E-state index < -0.39 is 0 Å². The molecule has 1 fully saturated rings. The summed E-state index contributed by atoms with van der Waals surface area (Å²) >= 11 is 6.01. The van der Waals surface area contributed by atoms with Crippen molar-refractivity contribution in [2.24, 2.45) is 0 Å². The van der Waals surface area contributed by atoms with Crippen molar-refractivity contribution in [1.29, 1.82) is 0 Å². The number of nitrogens with one attached hydrogen (secondary N) is 1. The standard InChI is InChI=1S/C16H21ClN2O3/c1-11-13(17)3-2-4-14(11)18-15(21)5-6-16(22)19-9-7-12(20)8-10-19/h2-4,12,20H,5-10H2,1H3,(H,18,21). The predicted molar refractivity (Wildman–Crippen MR) is 85.9 cm³/mol. The minimum Gasteiger partial charge on any atom is -0.393 e. The Morgan fingerprint density at radius 2 is 2.00 bits per heavy atom. The van der Waals surface area contributed by atoms with Gasteiger partial charge in [-0.3, -0.25) is 9.59 Å². The molecule has 0 unspecified atom stereocenters. The molecule has 0 bridgehead atoms. The number of piperidine rings is 1. The summed E-state index contributed by atoms with van der Waals surface area (Å²) in [6, 6.07) is 5.32. The number of halogens is 1. The molecule has 1 aromatic rings. The molecule has 0 aromatic heterocycles. The summed E-state index contributed by atoms with van der Waals surface area (Å²) in [5.74, 6) is -0.236. The topological polar surface area (TPSA) is 69.6 Å². The molecule has 5 nitrogen and oxygen atoms in total. The minimum atomic E-state index is -0.307. The summed E-state index contributed by atoms with van der Waals surface area (Å²) in [4.78, 5) is 25.7. The van der Waals surface area contributed by atoms with E-state index in [1.54, 1.807) is 23.1 Å². The van der Waals surface area contributed by atoms with E-state index in [-0.39, 0.29) is 30.8 Å². The van der Waals surface area contributed by atoms with E-state index >= 15 is 0 Å². The fourth-order valence-electron chi connectivity index (χ4n) is 2.45. The maximum atomic E-state index is 12.0. The van der Waals surface area contributed by atoms with Crippen LogP contribution >= 0.6 is 11.6 Å². The number of carbonyl (C=O) groups is 2. The molecule has 2 N–H and O–H groups in total. The smallest absolute Gasteiger partial charge is 0.224 e. The van der Waals surface area contributed by atoms with Crippen LogP contribution in [0.2, 0.25) is 5.02 Å². The quantitative estimate of drug-likeness (QED) is 0.893. The number of amides is 2. The second-order valence-electron chi connectivity index (χ2n) is 5.57. The Hall–Kier alpha value is -1.59. The molecule has 1 aromatic carbocycles. The average Bonchev–Trinajstić information content (AvgIpc) is 2.50. The lowest BCUT2D eigenvalue weighted by Crippen LogP contribution is -2.40. The maximum Gasteiger partial charge on any atom is 0.224 e. The largest absolute Gasteiger partial charge is 0.393 e. The van der Waals surface area contributed by atoms with Crippen molar-refractivity contribution in [2.45, 2.75) is 38.7 Å². The number of anilines is 1. The zero-order valence-electron chi connectivity index (χ0n) is 12.6. The molecule has 0 spiro atoms. The molecule has 2 amide bonds.